The standard InChI is InChI=1S/C10H14N2O3/c1-7(13)12(2)15-9-5-4-8(11)6-10(9)14-3/h4-6H,11H2,1-3H3. The lowest BCUT2D eigenvalue weighted by molar-refractivity contribution is -0.150. The molecule has 0 spiro atoms. The van der Waals surface area contributed by atoms with Gasteiger partial charge in [0.15, 0.2) is 11.5 Å². The quantitative estimate of drug-likeness (QED) is 0.598. The first-order chi connectivity index (χ1) is 7.04. The number of carbonyl (C=O) groups is 1. The molecule has 0 aliphatic heterocycles. The Balaban J connectivity index is 2.89. The Morgan fingerprint density at radius 1 is 1.40 bits per heavy atom. The largest absolute Gasteiger partial charge is 0.493 e. The summed E-state index contributed by atoms with van der Waals surface area (Å²) in [7, 11) is 3.04. The second-order valence-corrected chi connectivity index (χ2v) is 3.02. The highest BCUT2D eigenvalue weighted by atomic mass is 16.7. The van der Waals surface area contributed by atoms with Crippen LogP contribution in [0.5, 0.6) is 11.5 Å². The van der Waals surface area contributed by atoms with Crippen LogP contribution in [0.3, 0.4) is 0 Å². The summed E-state index contributed by atoms with van der Waals surface area (Å²) in [5.74, 6) is 0.737. The summed E-state index contributed by atoms with van der Waals surface area (Å²) in [6.45, 7) is 1.41. The minimum Gasteiger partial charge on any atom is -0.493 e. The smallest absolute Gasteiger partial charge is 0.251 e. The first-order valence-electron chi connectivity index (χ1n) is 4.40. The maximum Gasteiger partial charge on any atom is 0.251 e. The van der Waals surface area contributed by atoms with Crippen LogP contribution in [-0.4, -0.2) is 25.1 Å². The predicted octanol–water partition coefficient (Wildman–Crippen LogP) is 1.05. The number of hydrogen-bond acceptors (Lipinski definition) is 4. The molecular weight excluding hydrogens is 196 g/mol. The fourth-order valence-corrected chi connectivity index (χ4v) is 0.971. The number of ether oxygens (including phenoxy) is 1. The summed E-state index contributed by atoms with van der Waals surface area (Å²) in [4.78, 5) is 16.2. The van der Waals surface area contributed by atoms with Crippen LogP contribution in [0.25, 0.3) is 0 Å². The summed E-state index contributed by atoms with van der Waals surface area (Å²) in [6, 6.07) is 4.95. The van der Waals surface area contributed by atoms with E-state index in [1.54, 1.807) is 18.2 Å². The van der Waals surface area contributed by atoms with Gasteiger partial charge in [-0.3, -0.25) is 4.79 Å². The number of benzene rings is 1. The molecule has 0 bridgehead atoms. The number of carbonyl (C=O) groups excluding carboxylic acids is 1. The van der Waals surface area contributed by atoms with Gasteiger partial charge in [-0.15, -0.1) is 0 Å². The Kier molecular flexibility index (Phi) is 3.38. The first-order valence-corrected chi connectivity index (χ1v) is 4.40. The zero-order valence-electron chi connectivity index (χ0n) is 8.98. The molecule has 0 fully saturated rings. The average molecular weight is 210 g/mol. The van der Waals surface area contributed by atoms with Crippen LogP contribution in [0, 0.1) is 0 Å². The molecule has 1 aromatic rings. The third-order valence-electron chi connectivity index (χ3n) is 1.87. The maximum absolute atomic E-state index is 11.0. The molecule has 5 heteroatoms. The van der Waals surface area contributed by atoms with Crippen molar-refractivity contribution >= 4 is 11.6 Å². The van der Waals surface area contributed by atoms with Gasteiger partial charge in [-0.05, 0) is 12.1 Å². The van der Waals surface area contributed by atoms with Gasteiger partial charge >= 0.3 is 0 Å². The van der Waals surface area contributed by atoms with Crippen molar-refractivity contribution in [2.45, 2.75) is 6.92 Å². The number of anilines is 1. The van der Waals surface area contributed by atoms with Crippen molar-refractivity contribution in [2.75, 3.05) is 19.9 Å². The minimum absolute atomic E-state index is 0.200. The molecular formula is C10H14N2O3. The number of hydroxylamine groups is 2. The van der Waals surface area contributed by atoms with Crippen molar-refractivity contribution in [3.8, 4) is 11.5 Å². The third kappa shape index (κ3) is 2.77. The highest BCUT2D eigenvalue weighted by molar-refractivity contribution is 5.72. The lowest BCUT2D eigenvalue weighted by Crippen LogP contribution is -2.27. The number of hydrogen-bond donors (Lipinski definition) is 1. The Bertz CT molecular complexity index is 366. The molecule has 15 heavy (non-hydrogen) atoms. The van der Waals surface area contributed by atoms with Crippen molar-refractivity contribution in [3.63, 3.8) is 0 Å². The Hall–Kier alpha value is -1.91. The van der Waals surface area contributed by atoms with Gasteiger partial charge in [-0.25, -0.2) is 0 Å². The fraction of sp³-hybridized carbons (Fsp3) is 0.300. The van der Waals surface area contributed by atoms with Gasteiger partial charge in [0.2, 0.25) is 0 Å². The first kappa shape index (κ1) is 11.2. The van der Waals surface area contributed by atoms with Gasteiger partial charge in [0.25, 0.3) is 5.91 Å². The van der Waals surface area contributed by atoms with E-state index in [2.05, 4.69) is 0 Å². The van der Waals surface area contributed by atoms with Gasteiger partial charge in [0, 0.05) is 25.7 Å². The van der Waals surface area contributed by atoms with Crippen LogP contribution < -0.4 is 15.3 Å². The maximum atomic E-state index is 11.0. The second-order valence-electron chi connectivity index (χ2n) is 3.02. The Morgan fingerprint density at radius 3 is 2.60 bits per heavy atom. The summed E-state index contributed by atoms with van der Waals surface area (Å²) in [5, 5.41) is 1.12. The average Bonchev–Trinajstić information content (AvgIpc) is 2.20. The molecule has 1 aromatic carbocycles. The van der Waals surface area contributed by atoms with Crippen LogP contribution >= 0.6 is 0 Å². The molecule has 1 rings (SSSR count). The van der Waals surface area contributed by atoms with Crippen molar-refractivity contribution in [3.05, 3.63) is 18.2 Å². The van der Waals surface area contributed by atoms with Gasteiger partial charge in [0.1, 0.15) is 0 Å². The Labute approximate surface area is 88.3 Å². The highest BCUT2D eigenvalue weighted by Crippen LogP contribution is 2.29. The summed E-state index contributed by atoms with van der Waals surface area (Å²) in [5.41, 5.74) is 6.15. The van der Waals surface area contributed by atoms with Crippen LogP contribution in [0.4, 0.5) is 5.69 Å². The monoisotopic (exact) mass is 210 g/mol. The summed E-state index contributed by atoms with van der Waals surface area (Å²) < 4.78 is 5.06. The molecule has 0 atom stereocenters. The molecule has 0 saturated heterocycles. The molecule has 0 unspecified atom stereocenters. The number of nitrogens with two attached hydrogens (primary N) is 1. The zero-order valence-corrected chi connectivity index (χ0v) is 8.98. The molecule has 0 radical (unpaired) electrons. The molecule has 2 N–H and O–H groups in total. The van der Waals surface area contributed by atoms with Crippen molar-refractivity contribution in [1.29, 1.82) is 0 Å². The van der Waals surface area contributed by atoms with E-state index in [9.17, 15) is 4.79 Å². The molecule has 0 aliphatic carbocycles. The summed E-state index contributed by atoms with van der Waals surface area (Å²) in [6.07, 6.45) is 0. The normalized spacial score (nSPS) is 9.53. The highest BCUT2D eigenvalue weighted by Gasteiger charge is 2.09. The molecule has 0 saturated carbocycles. The van der Waals surface area contributed by atoms with Crippen molar-refractivity contribution in [2.24, 2.45) is 0 Å². The van der Waals surface area contributed by atoms with Crippen LogP contribution in [-0.2, 0) is 4.79 Å². The second kappa shape index (κ2) is 4.54. The predicted molar refractivity (Wildman–Crippen MR) is 56.5 cm³/mol. The summed E-state index contributed by atoms with van der Waals surface area (Å²) >= 11 is 0. The Morgan fingerprint density at radius 2 is 2.07 bits per heavy atom. The zero-order chi connectivity index (χ0) is 11.4. The van der Waals surface area contributed by atoms with E-state index in [-0.39, 0.29) is 5.91 Å². The van der Waals surface area contributed by atoms with Crippen LogP contribution in [0.2, 0.25) is 0 Å². The van der Waals surface area contributed by atoms with E-state index in [1.807, 2.05) is 0 Å². The topological polar surface area (TPSA) is 64.8 Å². The fourth-order valence-electron chi connectivity index (χ4n) is 0.971. The number of methoxy groups -OCH3 is 1. The SMILES string of the molecule is COc1cc(N)ccc1ON(C)C(C)=O. The van der Waals surface area contributed by atoms with Crippen LogP contribution in [0.15, 0.2) is 18.2 Å². The van der Waals surface area contributed by atoms with E-state index in [4.69, 9.17) is 15.3 Å². The van der Waals surface area contributed by atoms with E-state index in [1.165, 1.54) is 21.1 Å². The molecule has 0 aromatic heterocycles. The van der Waals surface area contributed by atoms with Gasteiger partial charge in [-0.2, -0.15) is 5.06 Å². The van der Waals surface area contributed by atoms with Crippen molar-refractivity contribution in [1.82, 2.24) is 5.06 Å². The number of amides is 1. The molecule has 82 valence electrons. The van der Waals surface area contributed by atoms with Gasteiger partial charge in [-0.1, -0.05) is 0 Å². The minimum atomic E-state index is -0.200. The molecule has 1 amide bonds. The van der Waals surface area contributed by atoms with E-state index >= 15 is 0 Å². The van der Waals surface area contributed by atoms with Gasteiger partial charge in [0.05, 0.1) is 7.11 Å². The third-order valence-corrected chi connectivity index (χ3v) is 1.87. The number of nitrogens with zero attached hydrogens (tertiary/aromatic N) is 1. The van der Waals surface area contributed by atoms with Crippen LogP contribution in [0.1, 0.15) is 6.92 Å². The van der Waals surface area contributed by atoms with E-state index < -0.39 is 0 Å². The molecule has 0 heterocycles. The molecule has 0 aliphatic rings. The lowest BCUT2D eigenvalue weighted by atomic mass is 10.3. The molecule has 5 nitrogen and oxygen atoms in total. The van der Waals surface area contributed by atoms with Gasteiger partial charge < -0.3 is 15.3 Å². The number of nitrogen functional groups attached to an aromatic ring is 1. The van der Waals surface area contributed by atoms with Crippen molar-refractivity contribution < 1.29 is 14.4 Å². The van der Waals surface area contributed by atoms with E-state index in [0.717, 1.165) is 5.06 Å². The van der Waals surface area contributed by atoms with E-state index in [0.29, 0.717) is 17.2 Å². The number of rotatable bonds is 3. The lowest BCUT2D eigenvalue weighted by Gasteiger charge is -2.17.